The fourth-order valence-corrected chi connectivity index (χ4v) is 2.97. The van der Waals surface area contributed by atoms with Crippen molar-refractivity contribution in [2.75, 3.05) is 26.3 Å². The second kappa shape index (κ2) is 6.09. The molecule has 0 aliphatic carbocycles. The molecule has 8 heteroatoms. The Kier molecular flexibility index (Phi) is 4.67. The van der Waals surface area contributed by atoms with Crippen LogP contribution in [0.15, 0.2) is 11.0 Å². The molecule has 0 atom stereocenters. The van der Waals surface area contributed by atoms with Gasteiger partial charge in [0.1, 0.15) is 10.8 Å². The standard InChI is InChI=1S/C11H11Cl2NO4S/c12-6-5-7(15)10(8(13)9(6)16)19-11(17)14-1-3-18-4-2-14/h5,15-16H,1-4H2. The normalized spacial score (nSPS) is 15.6. The molecule has 1 amide bonds. The van der Waals surface area contributed by atoms with Crippen molar-refractivity contribution in [1.29, 1.82) is 0 Å². The van der Waals surface area contributed by atoms with Gasteiger partial charge in [0.25, 0.3) is 5.24 Å². The van der Waals surface area contributed by atoms with Crippen molar-refractivity contribution in [3.05, 3.63) is 16.1 Å². The Bertz CT molecular complexity index is 506. The Hall–Kier alpha value is -0.820. The van der Waals surface area contributed by atoms with Crippen molar-refractivity contribution in [2.45, 2.75) is 4.90 Å². The number of hydrogen-bond acceptors (Lipinski definition) is 5. The number of benzene rings is 1. The quantitative estimate of drug-likeness (QED) is 0.614. The maximum absolute atomic E-state index is 12.0. The van der Waals surface area contributed by atoms with Crippen molar-refractivity contribution in [1.82, 2.24) is 4.90 Å². The van der Waals surface area contributed by atoms with E-state index in [1.807, 2.05) is 0 Å². The van der Waals surface area contributed by atoms with Crippen LogP contribution in [0, 0.1) is 0 Å². The summed E-state index contributed by atoms with van der Waals surface area (Å²) in [5.41, 5.74) is 0. The Labute approximate surface area is 124 Å². The Morgan fingerprint density at radius 2 is 1.95 bits per heavy atom. The van der Waals surface area contributed by atoms with Crippen LogP contribution in [0.5, 0.6) is 11.5 Å². The van der Waals surface area contributed by atoms with Crippen LogP contribution < -0.4 is 0 Å². The van der Waals surface area contributed by atoms with Gasteiger partial charge in [0.05, 0.1) is 23.1 Å². The number of hydrogen-bond donors (Lipinski definition) is 2. The lowest BCUT2D eigenvalue weighted by atomic mass is 10.3. The van der Waals surface area contributed by atoms with E-state index < -0.39 is 0 Å². The SMILES string of the molecule is O=C(Sc1c(O)cc(Cl)c(O)c1Cl)N1CCOCC1. The van der Waals surface area contributed by atoms with E-state index in [9.17, 15) is 15.0 Å². The van der Waals surface area contributed by atoms with Crippen molar-refractivity contribution in [3.8, 4) is 11.5 Å². The van der Waals surface area contributed by atoms with E-state index in [4.69, 9.17) is 27.9 Å². The number of ether oxygens (including phenoxy) is 1. The summed E-state index contributed by atoms with van der Waals surface area (Å²) in [6, 6.07) is 1.15. The molecule has 19 heavy (non-hydrogen) atoms. The van der Waals surface area contributed by atoms with Gasteiger partial charge in [-0.1, -0.05) is 23.2 Å². The number of carbonyl (C=O) groups excluding carboxylic acids is 1. The first kappa shape index (κ1) is 14.6. The lowest BCUT2D eigenvalue weighted by Crippen LogP contribution is -2.38. The van der Waals surface area contributed by atoms with Crippen LogP contribution in [0.1, 0.15) is 0 Å². The summed E-state index contributed by atoms with van der Waals surface area (Å²) in [6.07, 6.45) is 0. The monoisotopic (exact) mass is 323 g/mol. The summed E-state index contributed by atoms with van der Waals surface area (Å²) < 4.78 is 5.15. The molecule has 0 bridgehead atoms. The Morgan fingerprint density at radius 1 is 1.32 bits per heavy atom. The zero-order valence-electron chi connectivity index (χ0n) is 9.73. The van der Waals surface area contributed by atoms with Crippen LogP contribution in [0.2, 0.25) is 10.0 Å². The summed E-state index contributed by atoms with van der Waals surface area (Å²) in [5.74, 6) is -0.585. The lowest BCUT2D eigenvalue weighted by Gasteiger charge is -2.26. The fraction of sp³-hybridized carbons (Fsp3) is 0.364. The van der Waals surface area contributed by atoms with Gasteiger partial charge in [-0.05, 0) is 11.8 Å². The highest BCUT2D eigenvalue weighted by Crippen LogP contribution is 2.45. The molecule has 0 unspecified atom stereocenters. The number of morpholine rings is 1. The predicted octanol–water partition coefficient (Wildman–Crippen LogP) is 2.95. The van der Waals surface area contributed by atoms with Gasteiger partial charge in [0.15, 0.2) is 5.75 Å². The van der Waals surface area contributed by atoms with Gasteiger partial charge >= 0.3 is 0 Å². The number of carbonyl (C=O) groups is 1. The molecule has 1 aliphatic rings. The number of halogens is 2. The summed E-state index contributed by atoms with van der Waals surface area (Å²) in [5, 5.41) is 18.9. The van der Waals surface area contributed by atoms with E-state index in [0.29, 0.717) is 26.3 Å². The van der Waals surface area contributed by atoms with Gasteiger partial charge in [0, 0.05) is 19.2 Å². The third-order valence-electron chi connectivity index (χ3n) is 2.59. The molecule has 104 valence electrons. The molecule has 1 aromatic rings. The molecule has 2 N–H and O–H groups in total. The highest BCUT2D eigenvalue weighted by molar-refractivity contribution is 8.13. The van der Waals surface area contributed by atoms with E-state index in [2.05, 4.69) is 0 Å². The summed E-state index contributed by atoms with van der Waals surface area (Å²) >= 11 is 12.3. The zero-order chi connectivity index (χ0) is 14.0. The molecule has 2 rings (SSSR count). The van der Waals surface area contributed by atoms with Crippen LogP contribution in [0.3, 0.4) is 0 Å². The number of rotatable bonds is 1. The van der Waals surface area contributed by atoms with Crippen LogP contribution in [-0.2, 0) is 4.74 Å². The Balaban J connectivity index is 2.19. The molecule has 0 aromatic heterocycles. The van der Waals surface area contributed by atoms with Crippen molar-refractivity contribution in [2.24, 2.45) is 0 Å². The topological polar surface area (TPSA) is 70.0 Å². The second-order valence-electron chi connectivity index (χ2n) is 3.84. The van der Waals surface area contributed by atoms with E-state index in [0.717, 1.165) is 17.8 Å². The highest BCUT2D eigenvalue weighted by atomic mass is 35.5. The molecule has 0 spiro atoms. The molecule has 5 nitrogen and oxygen atoms in total. The summed E-state index contributed by atoms with van der Waals surface area (Å²) in [4.78, 5) is 13.7. The number of amides is 1. The number of phenolic OH excluding ortho intramolecular Hbond substituents is 2. The van der Waals surface area contributed by atoms with Crippen molar-refractivity contribution >= 4 is 40.2 Å². The number of nitrogens with zero attached hydrogens (tertiary/aromatic N) is 1. The minimum atomic E-state index is -0.349. The zero-order valence-corrected chi connectivity index (χ0v) is 12.1. The van der Waals surface area contributed by atoms with Gasteiger partial charge in [-0.15, -0.1) is 0 Å². The maximum atomic E-state index is 12.0. The summed E-state index contributed by atoms with van der Waals surface area (Å²) in [6.45, 7) is 1.95. The molecule has 1 aliphatic heterocycles. The highest BCUT2D eigenvalue weighted by Gasteiger charge is 2.23. The average molecular weight is 324 g/mol. The largest absolute Gasteiger partial charge is 0.507 e. The lowest BCUT2D eigenvalue weighted by molar-refractivity contribution is 0.0593. The van der Waals surface area contributed by atoms with Gasteiger partial charge in [0.2, 0.25) is 0 Å². The predicted molar refractivity (Wildman–Crippen MR) is 73.4 cm³/mol. The number of phenols is 2. The van der Waals surface area contributed by atoms with Crippen LogP contribution in [0.4, 0.5) is 4.79 Å². The van der Waals surface area contributed by atoms with Crippen LogP contribution in [0.25, 0.3) is 0 Å². The third-order valence-corrected chi connectivity index (χ3v) is 4.41. The minimum Gasteiger partial charge on any atom is -0.507 e. The first-order valence-electron chi connectivity index (χ1n) is 5.45. The van der Waals surface area contributed by atoms with Crippen LogP contribution in [-0.4, -0.2) is 46.7 Å². The summed E-state index contributed by atoms with van der Waals surface area (Å²) in [7, 11) is 0. The van der Waals surface area contributed by atoms with E-state index in [-0.39, 0.29) is 31.7 Å². The van der Waals surface area contributed by atoms with E-state index >= 15 is 0 Å². The molecule has 0 saturated carbocycles. The Morgan fingerprint density at radius 3 is 2.58 bits per heavy atom. The van der Waals surface area contributed by atoms with E-state index in [1.54, 1.807) is 4.90 Å². The molecular weight excluding hydrogens is 313 g/mol. The molecule has 1 fully saturated rings. The van der Waals surface area contributed by atoms with Gasteiger partial charge in [-0.2, -0.15) is 0 Å². The van der Waals surface area contributed by atoms with Crippen LogP contribution >= 0.6 is 35.0 Å². The molecule has 1 saturated heterocycles. The van der Waals surface area contributed by atoms with Gasteiger partial charge in [-0.25, -0.2) is 0 Å². The van der Waals surface area contributed by atoms with Gasteiger partial charge in [-0.3, -0.25) is 4.79 Å². The molecular formula is C11H11Cl2NO4S. The minimum absolute atomic E-state index is 0.0642. The second-order valence-corrected chi connectivity index (χ2v) is 5.58. The number of aromatic hydroxyl groups is 2. The van der Waals surface area contributed by atoms with Crippen molar-refractivity contribution < 1.29 is 19.7 Å². The van der Waals surface area contributed by atoms with E-state index in [1.165, 1.54) is 0 Å². The molecule has 1 heterocycles. The first-order chi connectivity index (χ1) is 9.00. The molecule has 1 aromatic carbocycles. The smallest absolute Gasteiger partial charge is 0.286 e. The third kappa shape index (κ3) is 3.20. The average Bonchev–Trinajstić information content (AvgIpc) is 2.42. The first-order valence-corrected chi connectivity index (χ1v) is 7.02. The number of thioether (sulfide) groups is 1. The van der Waals surface area contributed by atoms with Crippen molar-refractivity contribution in [3.63, 3.8) is 0 Å². The maximum Gasteiger partial charge on any atom is 0.286 e. The fourth-order valence-electron chi connectivity index (χ4n) is 1.57. The van der Waals surface area contributed by atoms with Gasteiger partial charge < -0.3 is 19.8 Å². The molecule has 0 radical (unpaired) electrons.